The van der Waals surface area contributed by atoms with Gasteiger partial charge in [-0.25, -0.2) is 14.2 Å². The van der Waals surface area contributed by atoms with Crippen LogP contribution in [0.25, 0.3) is 0 Å². The fourth-order valence-corrected chi connectivity index (χ4v) is 1.89. The molecule has 0 aliphatic heterocycles. The normalized spacial score (nSPS) is 10.9. The van der Waals surface area contributed by atoms with Crippen LogP contribution in [0.15, 0.2) is 24.3 Å². The third kappa shape index (κ3) is 11.7. The summed E-state index contributed by atoms with van der Waals surface area (Å²) >= 11 is 0. The lowest BCUT2D eigenvalue weighted by Gasteiger charge is -2.12. The van der Waals surface area contributed by atoms with Gasteiger partial charge in [-0.1, -0.05) is 13.2 Å². The minimum absolute atomic E-state index is 0.0442. The predicted molar refractivity (Wildman–Crippen MR) is 82.5 cm³/mol. The summed E-state index contributed by atoms with van der Waals surface area (Å²) in [4.78, 5) is 31.5. The average Bonchev–Trinajstić information content (AvgIpc) is 2.45. The highest BCUT2D eigenvalue weighted by atomic mass is 31.2. The Balaban J connectivity index is 3.71. The number of hydrogen-bond acceptors (Lipinski definition) is 7. The van der Waals surface area contributed by atoms with E-state index in [1.807, 2.05) is 0 Å². The Morgan fingerprint density at radius 1 is 0.870 bits per heavy atom. The van der Waals surface area contributed by atoms with Crippen LogP contribution in [0.4, 0.5) is 0 Å². The van der Waals surface area contributed by atoms with E-state index in [0.29, 0.717) is 0 Å². The molecule has 0 unspecified atom stereocenters. The molecule has 0 saturated heterocycles. The maximum absolute atomic E-state index is 11.5. The van der Waals surface area contributed by atoms with Crippen molar-refractivity contribution in [2.75, 3.05) is 26.4 Å². The van der Waals surface area contributed by atoms with Crippen molar-refractivity contribution in [1.82, 2.24) is 0 Å². The summed E-state index contributed by atoms with van der Waals surface area (Å²) < 4.78 is 30.4. The largest absolute Gasteiger partial charge is 0.472 e. The molecule has 0 bridgehead atoms. The van der Waals surface area contributed by atoms with Crippen LogP contribution in [0.3, 0.4) is 0 Å². The maximum Gasteiger partial charge on any atom is 0.472 e. The fraction of sp³-hybridized carbons (Fsp3) is 0.571. The van der Waals surface area contributed by atoms with E-state index < -0.39 is 19.8 Å². The van der Waals surface area contributed by atoms with Gasteiger partial charge in [0, 0.05) is 24.0 Å². The molecule has 0 aliphatic carbocycles. The summed E-state index contributed by atoms with van der Waals surface area (Å²) in [6.07, 6.45) is 0.478. The monoisotopic (exact) mass is 350 g/mol. The van der Waals surface area contributed by atoms with E-state index in [0.717, 1.165) is 0 Å². The number of ether oxygens (including phenoxy) is 2. The van der Waals surface area contributed by atoms with Crippen LogP contribution in [0.5, 0.6) is 0 Å². The Hall–Kier alpha value is -1.47. The average molecular weight is 350 g/mol. The van der Waals surface area contributed by atoms with E-state index >= 15 is 0 Å². The molecule has 0 heterocycles. The summed E-state index contributed by atoms with van der Waals surface area (Å²) in [5, 5.41) is 0. The fourth-order valence-electron chi connectivity index (χ4n) is 1.09. The minimum atomic E-state index is -4.17. The Morgan fingerprint density at radius 3 is 1.52 bits per heavy atom. The molecule has 132 valence electrons. The van der Waals surface area contributed by atoms with Gasteiger partial charge < -0.3 is 14.4 Å². The molecule has 0 aromatic rings. The van der Waals surface area contributed by atoms with E-state index in [9.17, 15) is 19.0 Å². The van der Waals surface area contributed by atoms with Gasteiger partial charge in [-0.15, -0.1) is 0 Å². The van der Waals surface area contributed by atoms with Crippen LogP contribution in [0, 0.1) is 0 Å². The zero-order valence-corrected chi connectivity index (χ0v) is 14.3. The van der Waals surface area contributed by atoms with Crippen LogP contribution < -0.4 is 0 Å². The first-order valence-electron chi connectivity index (χ1n) is 6.93. The second-order valence-electron chi connectivity index (χ2n) is 4.67. The van der Waals surface area contributed by atoms with E-state index in [1.165, 1.54) is 13.8 Å². The molecule has 0 aromatic heterocycles. The molecule has 0 rings (SSSR count). The number of carbonyl (C=O) groups is 2. The Kier molecular flexibility index (Phi) is 10.4. The Bertz CT molecular complexity index is 445. The lowest BCUT2D eigenvalue weighted by Crippen LogP contribution is -2.09. The van der Waals surface area contributed by atoms with Crippen LogP contribution in [0.2, 0.25) is 0 Å². The topological polar surface area (TPSA) is 108 Å². The third-order valence-electron chi connectivity index (χ3n) is 2.25. The van der Waals surface area contributed by atoms with Gasteiger partial charge in [0.2, 0.25) is 0 Å². The van der Waals surface area contributed by atoms with Crippen LogP contribution >= 0.6 is 7.82 Å². The Labute approximate surface area is 135 Å². The SMILES string of the molecule is C=C(C)C(=O)OCCCOP(=O)(O)OCCCOC(=O)C(=C)C. The molecule has 0 atom stereocenters. The first kappa shape index (κ1) is 21.5. The molecule has 0 radical (unpaired) electrons. The van der Waals surface area contributed by atoms with Crippen LogP contribution in [0.1, 0.15) is 26.7 Å². The molecule has 0 amide bonds. The molecule has 23 heavy (non-hydrogen) atoms. The number of phosphoric acid groups is 1. The second kappa shape index (κ2) is 11.1. The van der Waals surface area contributed by atoms with E-state index in [2.05, 4.69) is 13.2 Å². The summed E-state index contributed by atoms with van der Waals surface area (Å²) in [6.45, 7) is 9.73. The van der Waals surface area contributed by atoms with Gasteiger partial charge >= 0.3 is 19.8 Å². The first-order valence-corrected chi connectivity index (χ1v) is 8.42. The van der Waals surface area contributed by atoms with Gasteiger partial charge in [0.05, 0.1) is 26.4 Å². The van der Waals surface area contributed by atoms with Crippen LogP contribution in [-0.2, 0) is 32.7 Å². The molecule has 0 aliphatic rings. The lowest BCUT2D eigenvalue weighted by atomic mass is 10.4. The third-order valence-corrected chi connectivity index (χ3v) is 3.27. The number of rotatable bonds is 12. The van der Waals surface area contributed by atoms with Gasteiger partial charge in [0.25, 0.3) is 0 Å². The number of esters is 2. The van der Waals surface area contributed by atoms with E-state index in [-0.39, 0.29) is 50.4 Å². The molecule has 8 nitrogen and oxygen atoms in total. The van der Waals surface area contributed by atoms with Gasteiger partial charge in [-0.05, 0) is 13.8 Å². The van der Waals surface area contributed by atoms with Crippen LogP contribution in [-0.4, -0.2) is 43.3 Å². The predicted octanol–water partition coefficient (Wildman–Crippen LogP) is 2.14. The summed E-state index contributed by atoms with van der Waals surface area (Å²) in [5.74, 6) is -1.06. The molecule has 0 aromatic carbocycles. The highest BCUT2D eigenvalue weighted by molar-refractivity contribution is 7.47. The number of carbonyl (C=O) groups excluding carboxylic acids is 2. The standard InChI is InChI=1S/C14H23O8P/c1-11(2)13(15)19-7-5-9-21-23(17,18)22-10-6-8-20-14(16)12(3)4/h1,3,5-10H2,2,4H3,(H,17,18). The van der Waals surface area contributed by atoms with Crippen molar-refractivity contribution in [3.05, 3.63) is 24.3 Å². The number of hydrogen-bond donors (Lipinski definition) is 1. The van der Waals surface area contributed by atoms with Gasteiger partial charge in [-0.3, -0.25) is 9.05 Å². The first-order chi connectivity index (χ1) is 10.7. The molecule has 1 N–H and O–H groups in total. The molecular formula is C14H23O8P. The van der Waals surface area contributed by atoms with Crippen molar-refractivity contribution in [2.45, 2.75) is 26.7 Å². The zero-order valence-electron chi connectivity index (χ0n) is 13.4. The molecule has 0 fully saturated rings. The van der Waals surface area contributed by atoms with E-state index in [1.54, 1.807) is 0 Å². The van der Waals surface area contributed by atoms with Crippen molar-refractivity contribution in [1.29, 1.82) is 0 Å². The number of phosphoric ester groups is 1. The Morgan fingerprint density at radius 2 is 1.22 bits per heavy atom. The van der Waals surface area contributed by atoms with Crippen molar-refractivity contribution in [2.24, 2.45) is 0 Å². The van der Waals surface area contributed by atoms with Crippen molar-refractivity contribution >= 4 is 19.8 Å². The molecule has 0 saturated carbocycles. The summed E-state index contributed by atoms with van der Waals surface area (Å²) in [7, 11) is -4.17. The van der Waals surface area contributed by atoms with Crippen molar-refractivity contribution < 1.29 is 37.6 Å². The van der Waals surface area contributed by atoms with E-state index in [4.69, 9.17) is 18.5 Å². The quantitative estimate of drug-likeness (QED) is 0.247. The van der Waals surface area contributed by atoms with Crippen molar-refractivity contribution in [3.63, 3.8) is 0 Å². The smallest absolute Gasteiger partial charge is 0.462 e. The van der Waals surface area contributed by atoms with Gasteiger partial charge in [0.15, 0.2) is 0 Å². The molecule has 0 spiro atoms. The highest BCUT2D eigenvalue weighted by Crippen LogP contribution is 2.43. The summed E-state index contributed by atoms with van der Waals surface area (Å²) in [6, 6.07) is 0. The molecular weight excluding hydrogens is 327 g/mol. The van der Waals surface area contributed by atoms with Gasteiger partial charge in [0.1, 0.15) is 0 Å². The van der Waals surface area contributed by atoms with Gasteiger partial charge in [-0.2, -0.15) is 0 Å². The van der Waals surface area contributed by atoms with Crippen molar-refractivity contribution in [3.8, 4) is 0 Å². The highest BCUT2D eigenvalue weighted by Gasteiger charge is 2.20. The second-order valence-corrected chi connectivity index (χ2v) is 6.13. The zero-order chi connectivity index (χ0) is 17.9. The maximum atomic E-state index is 11.5. The summed E-state index contributed by atoms with van der Waals surface area (Å²) in [5.41, 5.74) is 0.545. The molecule has 9 heteroatoms. The lowest BCUT2D eigenvalue weighted by molar-refractivity contribution is -0.140. The minimum Gasteiger partial charge on any atom is -0.462 e.